The zero-order valence-electron chi connectivity index (χ0n) is 16.8. The van der Waals surface area contributed by atoms with Gasteiger partial charge in [0, 0.05) is 6.61 Å². The van der Waals surface area contributed by atoms with Crippen molar-refractivity contribution in [3.8, 4) is 0 Å². The molecule has 0 atom stereocenters. The van der Waals surface area contributed by atoms with Crippen LogP contribution in [0.25, 0.3) is 0 Å². The first-order valence-electron chi connectivity index (χ1n) is 9.71. The topological polar surface area (TPSA) is 35.5 Å². The number of hydrogen-bond donors (Lipinski definition) is 0. The number of benzene rings is 2. The number of methoxy groups -OCH3 is 1. The Bertz CT molecular complexity index is 707. The van der Waals surface area contributed by atoms with Crippen LogP contribution < -0.4 is 10.4 Å². The molecule has 0 saturated heterocycles. The standard InChI is InChI=1S/C23H30O3Si/c1-23(2,3)27(20-11-7-5-8-12-20,21-13-9-6-10-14-21)26-17-18-15-19(16-18)22(24)25-4/h5-14,18-19H,15-17H2,1-4H3. The summed E-state index contributed by atoms with van der Waals surface area (Å²) >= 11 is 0. The molecule has 1 aliphatic rings. The molecule has 144 valence electrons. The quantitative estimate of drug-likeness (QED) is 0.564. The van der Waals surface area contributed by atoms with Crippen LogP contribution in [-0.2, 0) is 14.0 Å². The number of carbonyl (C=O) groups is 1. The Kier molecular flexibility index (Phi) is 5.87. The second kappa shape index (κ2) is 7.99. The monoisotopic (exact) mass is 382 g/mol. The zero-order chi connectivity index (χ0) is 19.5. The minimum Gasteiger partial charge on any atom is -0.469 e. The number of esters is 1. The van der Waals surface area contributed by atoms with E-state index in [-0.39, 0.29) is 16.9 Å². The van der Waals surface area contributed by atoms with E-state index in [9.17, 15) is 4.79 Å². The van der Waals surface area contributed by atoms with Gasteiger partial charge in [0.2, 0.25) is 0 Å². The van der Waals surface area contributed by atoms with Crippen molar-refractivity contribution in [3.05, 3.63) is 60.7 Å². The van der Waals surface area contributed by atoms with Crippen molar-refractivity contribution in [3.63, 3.8) is 0 Å². The van der Waals surface area contributed by atoms with Gasteiger partial charge in [0.1, 0.15) is 0 Å². The third-order valence-electron chi connectivity index (χ3n) is 5.72. The minimum absolute atomic E-state index is 0.0127. The molecule has 0 amide bonds. The number of hydrogen-bond acceptors (Lipinski definition) is 3. The smallest absolute Gasteiger partial charge is 0.308 e. The fourth-order valence-electron chi connectivity index (χ4n) is 4.24. The van der Waals surface area contributed by atoms with Crippen molar-refractivity contribution in [2.24, 2.45) is 11.8 Å². The van der Waals surface area contributed by atoms with Gasteiger partial charge < -0.3 is 9.16 Å². The molecular formula is C23H30O3Si. The van der Waals surface area contributed by atoms with Crippen LogP contribution in [-0.4, -0.2) is 28.0 Å². The van der Waals surface area contributed by atoms with E-state index in [4.69, 9.17) is 9.16 Å². The lowest BCUT2D eigenvalue weighted by Gasteiger charge is -2.45. The molecule has 2 aromatic rings. The van der Waals surface area contributed by atoms with Gasteiger partial charge in [-0.15, -0.1) is 0 Å². The number of rotatable bonds is 6. The SMILES string of the molecule is COC(=O)C1CC(CO[Si](c2ccccc2)(c2ccccc2)C(C)(C)C)C1. The van der Waals surface area contributed by atoms with Gasteiger partial charge in [-0.1, -0.05) is 81.4 Å². The first kappa shape index (κ1) is 19.8. The molecule has 0 spiro atoms. The summed E-state index contributed by atoms with van der Waals surface area (Å²) in [6.07, 6.45) is 1.73. The van der Waals surface area contributed by atoms with Gasteiger partial charge >= 0.3 is 5.97 Å². The largest absolute Gasteiger partial charge is 0.469 e. The Morgan fingerprint density at radius 1 is 0.963 bits per heavy atom. The van der Waals surface area contributed by atoms with E-state index in [1.807, 2.05) is 0 Å². The summed E-state index contributed by atoms with van der Waals surface area (Å²) in [4.78, 5) is 11.7. The summed E-state index contributed by atoms with van der Waals surface area (Å²) in [5.41, 5.74) is 0. The molecule has 0 aromatic heterocycles. The van der Waals surface area contributed by atoms with Crippen molar-refractivity contribution >= 4 is 24.7 Å². The van der Waals surface area contributed by atoms with E-state index in [0.717, 1.165) is 12.8 Å². The van der Waals surface area contributed by atoms with E-state index in [1.165, 1.54) is 17.5 Å². The fraction of sp³-hybridized carbons (Fsp3) is 0.435. The third kappa shape index (κ3) is 3.87. The average Bonchev–Trinajstić information content (AvgIpc) is 2.63. The molecule has 0 radical (unpaired) electrons. The fourth-order valence-corrected chi connectivity index (χ4v) is 8.88. The van der Waals surface area contributed by atoms with Crippen LogP contribution in [0, 0.1) is 11.8 Å². The van der Waals surface area contributed by atoms with Crippen LogP contribution in [0.3, 0.4) is 0 Å². The highest BCUT2D eigenvalue weighted by Gasteiger charge is 2.51. The van der Waals surface area contributed by atoms with E-state index in [0.29, 0.717) is 12.5 Å². The second-order valence-corrected chi connectivity index (χ2v) is 12.8. The Hall–Kier alpha value is -1.91. The Labute approximate surface area is 163 Å². The molecule has 27 heavy (non-hydrogen) atoms. The van der Waals surface area contributed by atoms with E-state index >= 15 is 0 Å². The van der Waals surface area contributed by atoms with Gasteiger partial charge in [-0.2, -0.15) is 0 Å². The molecule has 1 aliphatic carbocycles. The summed E-state index contributed by atoms with van der Waals surface area (Å²) in [7, 11) is -1.00. The summed E-state index contributed by atoms with van der Waals surface area (Å²) < 4.78 is 11.8. The minimum atomic E-state index is -2.47. The van der Waals surface area contributed by atoms with Gasteiger partial charge in [0.05, 0.1) is 13.0 Å². The van der Waals surface area contributed by atoms with Gasteiger partial charge in [0.25, 0.3) is 8.32 Å². The van der Waals surface area contributed by atoms with E-state index in [2.05, 4.69) is 81.4 Å². The van der Waals surface area contributed by atoms with E-state index in [1.54, 1.807) is 0 Å². The van der Waals surface area contributed by atoms with Crippen molar-refractivity contribution in [1.29, 1.82) is 0 Å². The van der Waals surface area contributed by atoms with Crippen LogP contribution in [0.2, 0.25) is 5.04 Å². The summed E-state index contributed by atoms with van der Waals surface area (Å²) in [5.74, 6) is 0.384. The molecule has 0 N–H and O–H groups in total. The Balaban J connectivity index is 1.90. The predicted octanol–water partition coefficient (Wildman–Crippen LogP) is 3.76. The highest BCUT2D eigenvalue weighted by molar-refractivity contribution is 6.99. The van der Waals surface area contributed by atoms with Crippen molar-refractivity contribution in [2.75, 3.05) is 13.7 Å². The lowest BCUT2D eigenvalue weighted by atomic mass is 9.75. The maximum atomic E-state index is 11.7. The average molecular weight is 383 g/mol. The predicted molar refractivity (Wildman–Crippen MR) is 112 cm³/mol. The summed E-state index contributed by atoms with van der Waals surface area (Å²) in [5, 5.41) is 2.58. The molecule has 3 nitrogen and oxygen atoms in total. The van der Waals surface area contributed by atoms with Crippen LogP contribution in [0.15, 0.2) is 60.7 Å². The van der Waals surface area contributed by atoms with Crippen LogP contribution in [0.5, 0.6) is 0 Å². The molecule has 1 fully saturated rings. The molecule has 3 rings (SSSR count). The Morgan fingerprint density at radius 3 is 1.85 bits per heavy atom. The first-order chi connectivity index (χ1) is 12.9. The molecular weight excluding hydrogens is 352 g/mol. The highest BCUT2D eigenvalue weighted by atomic mass is 28.4. The van der Waals surface area contributed by atoms with Crippen molar-refractivity contribution in [2.45, 2.75) is 38.7 Å². The molecule has 1 saturated carbocycles. The van der Waals surface area contributed by atoms with Crippen LogP contribution >= 0.6 is 0 Å². The first-order valence-corrected chi connectivity index (χ1v) is 11.6. The Morgan fingerprint density at radius 2 is 1.44 bits per heavy atom. The zero-order valence-corrected chi connectivity index (χ0v) is 17.8. The second-order valence-electron chi connectivity index (χ2n) is 8.53. The normalized spacial score (nSPS) is 20.0. The highest BCUT2D eigenvalue weighted by Crippen LogP contribution is 2.40. The number of carbonyl (C=O) groups excluding carboxylic acids is 1. The lowest BCUT2D eigenvalue weighted by molar-refractivity contribution is -0.150. The van der Waals surface area contributed by atoms with Crippen LogP contribution in [0.1, 0.15) is 33.6 Å². The van der Waals surface area contributed by atoms with Gasteiger partial charge in [-0.05, 0) is 34.2 Å². The maximum absolute atomic E-state index is 11.7. The summed E-state index contributed by atoms with van der Waals surface area (Å²) in [6, 6.07) is 21.4. The van der Waals surface area contributed by atoms with E-state index < -0.39 is 8.32 Å². The maximum Gasteiger partial charge on any atom is 0.308 e. The number of ether oxygens (including phenoxy) is 1. The summed E-state index contributed by atoms with van der Waals surface area (Å²) in [6.45, 7) is 7.56. The van der Waals surface area contributed by atoms with Crippen LogP contribution in [0.4, 0.5) is 0 Å². The third-order valence-corrected chi connectivity index (χ3v) is 10.7. The molecule has 0 unspecified atom stereocenters. The lowest BCUT2D eigenvalue weighted by Crippen LogP contribution is -2.67. The van der Waals surface area contributed by atoms with Crippen molar-refractivity contribution in [1.82, 2.24) is 0 Å². The molecule has 4 heteroatoms. The molecule has 2 aromatic carbocycles. The van der Waals surface area contributed by atoms with Gasteiger partial charge in [-0.25, -0.2) is 0 Å². The van der Waals surface area contributed by atoms with Crippen molar-refractivity contribution < 1.29 is 14.0 Å². The molecule has 0 bridgehead atoms. The molecule has 0 aliphatic heterocycles. The van der Waals surface area contributed by atoms with Gasteiger partial charge in [0.15, 0.2) is 0 Å². The molecule has 0 heterocycles. The van der Waals surface area contributed by atoms with Gasteiger partial charge in [-0.3, -0.25) is 4.79 Å².